The van der Waals surface area contributed by atoms with Crippen LogP contribution in [0.25, 0.3) is 21.3 Å². The highest BCUT2D eigenvalue weighted by Crippen LogP contribution is 2.38. The summed E-state index contributed by atoms with van der Waals surface area (Å²) in [6.07, 6.45) is 1.54. The van der Waals surface area contributed by atoms with Crippen molar-refractivity contribution in [3.05, 3.63) is 65.8 Å². The number of methoxy groups -OCH3 is 2. The molecule has 6 nitrogen and oxygen atoms in total. The minimum absolute atomic E-state index is 0.0696. The fourth-order valence-electron chi connectivity index (χ4n) is 3.20. The SMILES string of the molecule is COc1ccc(-c2csc3ncnc(NC(CO)c4ccc(OC)cc4)c23)cc1. The van der Waals surface area contributed by atoms with Crippen LogP contribution in [0, 0.1) is 0 Å². The number of anilines is 1. The summed E-state index contributed by atoms with van der Waals surface area (Å²) in [4.78, 5) is 9.77. The summed E-state index contributed by atoms with van der Waals surface area (Å²) in [5.41, 5.74) is 3.04. The average Bonchev–Trinajstić information content (AvgIpc) is 3.22. The number of aliphatic hydroxyl groups excluding tert-OH is 1. The Labute approximate surface area is 172 Å². The molecule has 0 bridgehead atoms. The standard InChI is InChI=1S/C22H21N3O3S/c1-27-16-7-3-14(4-8-16)18-12-29-22-20(18)21(23-13-24-22)25-19(11-26)15-5-9-17(28-2)10-6-15/h3-10,12-13,19,26H,11H2,1-2H3,(H,23,24,25). The molecule has 0 aliphatic carbocycles. The van der Waals surface area contributed by atoms with Crippen LogP contribution in [0.4, 0.5) is 5.82 Å². The van der Waals surface area contributed by atoms with Gasteiger partial charge in [-0.2, -0.15) is 0 Å². The molecule has 0 amide bonds. The predicted molar refractivity (Wildman–Crippen MR) is 116 cm³/mol. The predicted octanol–water partition coefficient (Wildman–Crippen LogP) is 4.52. The molecule has 4 rings (SSSR count). The molecule has 0 aliphatic rings. The van der Waals surface area contributed by atoms with Crippen LogP contribution >= 0.6 is 11.3 Å². The molecule has 4 aromatic rings. The topological polar surface area (TPSA) is 76.5 Å². The van der Waals surface area contributed by atoms with E-state index in [0.29, 0.717) is 5.82 Å². The van der Waals surface area contributed by atoms with Gasteiger partial charge in [0.1, 0.15) is 28.5 Å². The van der Waals surface area contributed by atoms with Gasteiger partial charge in [-0.05, 0) is 35.4 Å². The molecule has 0 spiro atoms. The molecular formula is C22H21N3O3S. The lowest BCUT2D eigenvalue weighted by Crippen LogP contribution is -2.16. The van der Waals surface area contributed by atoms with Gasteiger partial charge in [0, 0.05) is 10.9 Å². The van der Waals surface area contributed by atoms with Crippen molar-refractivity contribution in [3.63, 3.8) is 0 Å². The number of fused-ring (bicyclic) bond motifs is 1. The van der Waals surface area contributed by atoms with Crippen molar-refractivity contribution in [1.29, 1.82) is 0 Å². The Morgan fingerprint density at radius 1 is 0.966 bits per heavy atom. The zero-order valence-electron chi connectivity index (χ0n) is 16.1. The summed E-state index contributed by atoms with van der Waals surface area (Å²) in [6, 6.07) is 15.2. The third-order valence-electron chi connectivity index (χ3n) is 4.78. The molecule has 0 radical (unpaired) electrons. The lowest BCUT2D eigenvalue weighted by Gasteiger charge is -2.18. The van der Waals surface area contributed by atoms with E-state index in [1.807, 2.05) is 48.5 Å². The molecule has 1 atom stereocenters. The third kappa shape index (κ3) is 3.87. The van der Waals surface area contributed by atoms with E-state index in [-0.39, 0.29) is 12.6 Å². The van der Waals surface area contributed by atoms with Gasteiger partial charge in [0.2, 0.25) is 0 Å². The van der Waals surface area contributed by atoms with E-state index >= 15 is 0 Å². The number of hydrogen-bond donors (Lipinski definition) is 2. The first-order valence-electron chi connectivity index (χ1n) is 9.11. The number of nitrogens with zero attached hydrogens (tertiary/aromatic N) is 2. The molecular weight excluding hydrogens is 386 g/mol. The Morgan fingerprint density at radius 2 is 1.62 bits per heavy atom. The summed E-state index contributed by atoms with van der Waals surface area (Å²) >= 11 is 1.57. The fraction of sp³-hybridized carbons (Fsp3) is 0.182. The highest BCUT2D eigenvalue weighted by molar-refractivity contribution is 7.17. The molecule has 0 aliphatic heterocycles. The van der Waals surface area contributed by atoms with Crippen LogP contribution in [-0.2, 0) is 0 Å². The van der Waals surface area contributed by atoms with Gasteiger partial charge in [0.05, 0.1) is 32.3 Å². The Balaban J connectivity index is 1.71. The average molecular weight is 407 g/mol. The Hall–Kier alpha value is -3.16. The molecule has 0 saturated heterocycles. The molecule has 0 saturated carbocycles. The Kier molecular flexibility index (Phi) is 5.59. The Morgan fingerprint density at radius 3 is 2.24 bits per heavy atom. The number of rotatable bonds is 7. The number of aliphatic hydroxyl groups is 1. The summed E-state index contributed by atoms with van der Waals surface area (Å²) in [7, 11) is 3.28. The number of nitrogens with one attached hydrogen (secondary N) is 1. The second kappa shape index (κ2) is 8.46. The zero-order chi connectivity index (χ0) is 20.2. The molecule has 29 heavy (non-hydrogen) atoms. The number of benzene rings is 2. The molecule has 2 aromatic carbocycles. The molecule has 0 fully saturated rings. The van der Waals surface area contributed by atoms with E-state index in [0.717, 1.165) is 38.4 Å². The number of ether oxygens (including phenoxy) is 2. The van der Waals surface area contributed by atoms with Gasteiger partial charge in [0.15, 0.2) is 0 Å². The second-order valence-electron chi connectivity index (χ2n) is 6.43. The number of aromatic nitrogens is 2. The molecule has 1 unspecified atom stereocenters. The van der Waals surface area contributed by atoms with Crippen LogP contribution in [-0.4, -0.2) is 35.9 Å². The Bertz CT molecular complexity index is 1090. The first-order chi connectivity index (χ1) is 14.2. The van der Waals surface area contributed by atoms with Crippen molar-refractivity contribution in [1.82, 2.24) is 9.97 Å². The van der Waals surface area contributed by atoms with E-state index < -0.39 is 0 Å². The van der Waals surface area contributed by atoms with Crippen molar-refractivity contribution in [2.45, 2.75) is 6.04 Å². The van der Waals surface area contributed by atoms with E-state index in [2.05, 4.69) is 20.7 Å². The monoisotopic (exact) mass is 407 g/mol. The van der Waals surface area contributed by atoms with Crippen molar-refractivity contribution >= 4 is 27.4 Å². The molecule has 148 valence electrons. The molecule has 2 N–H and O–H groups in total. The third-order valence-corrected chi connectivity index (χ3v) is 5.67. The molecule has 2 heterocycles. The smallest absolute Gasteiger partial charge is 0.139 e. The van der Waals surface area contributed by atoms with E-state index in [4.69, 9.17) is 9.47 Å². The summed E-state index contributed by atoms with van der Waals surface area (Å²) in [5.74, 6) is 2.27. The lowest BCUT2D eigenvalue weighted by atomic mass is 10.0. The van der Waals surface area contributed by atoms with Crippen molar-refractivity contribution in [2.75, 3.05) is 26.1 Å². The van der Waals surface area contributed by atoms with Crippen LogP contribution in [0.15, 0.2) is 60.2 Å². The van der Waals surface area contributed by atoms with Crippen molar-refractivity contribution in [2.24, 2.45) is 0 Å². The van der Waals surface area contributed by atoms with E-state index in [1.54, 1.807) is 31.9 Å². The quantitative estimate of drug-likeness (QED) is 0.469. The highest BCUT2D eigenvalue weighted by atomic mass is 32.1. The van der Waals surface area contributed by atoms with Gasteiger partial charge in [-0.1, -0.05) is 24.3 Å². The van der Waals surface area contributed by atoms with Gasteiger partial charge in [-0.25, -0.2) is 9.97 Å². The first-order valence-corrected chi connectivity index (χ1v) is 9.99. The summed E-state index contributed by atoms with van der Waals surface area (Å²) in [5, 5.41) is 16.4. The minimum atomic E-state index is -0.303. The van der Waals surface area contributed by atoms with Gasteiger partial charge < -0.3 is 19.9 Å². The van der Waals surface area contributed by atoms with E-state index in [9.17, 15) is 5.11 Å². The van der Waals surface area contributed by atoms with Crippen LogP contribution in [0.2, 0.25) is 0 Å². The maximum absolute atomic E-state index is 9.99. The normalized spacial score (nSPS) is 12.0. The van der Waals surface area contributed by atoms with Crippen molar-refractivity contribution < 1.29 is 14.6 Å². The largest absolute Gasteiger partial charge is 0.497 e. The number of thiophene rings is 1. The van der Waals surface area contributed by atoms with Crippen LogP contribution in [0.1, 0.15) is 11.6 Å². The van der Waals surface area contributed by atoms with Gasteiger partial charge in [-0.3, -0.25) is 0 Å². The van der Waals surface area contributed by atoms with Crippen LogP contribution < -0.4 is 14.8 Å². The van der Waals surface area contributed by atoms with Crippen LogP contribution in [0.5, 0.6) is 11.5 Å². The fourth-order valence-corrected chi connectivity index (χ4v) is 4.12. The second-order valence-corrected chi connectivity index (χ2v) is 7.29. The minimum Gasteiger partial charge on any atom is -0.497 e. The van der Waals surface area contributed by atoms with Crippen molar-refractivity contribution in [3.8, 4) is 22.6 Å². The van der Waals surface area contributed by atoms with Gasteiger partial charge >= 0.3 is 0 Å². The molecule has 7 heteroatoms. The van der Waals surface area contributed by atoms with Gasteiger partial charge in [-0.15, -0.1) is 11.3 Å². The summed E-state index contributed by atoms with van der Waals surface area (Å²) in [6.45, 7) is -0.0696. The lowest BCUT2D eigenvalue weighted by molar-refractivity contribution is 0.276. The maximum atomic E-state index is 9.99. The van der Waals surface area contributed by atoms with E-state index in [1.165, 1.54) is 0 Å². The number of hydrogen-bond acceptors (Lipinski definition) is 7. The maximum Gasteiger partial charge on any atom is 0.139 e. The highest BCUT2D eigenvalue weighted by Gasteiger charge is 2.17. The van der Waals surface area contributed by atoms with Crippen LogP contribution in [0.3, 0.4) is 0 Å². The molecule has 2 aromatic heterocycles. The zero-order valence-corrected chi connectivity index (χ0v) is 16.9. The first kappa shape index (κ1) is 19.2. The van der Waals surface area contributed by atoms with Gasteiger partial charge in [0.25, 0.3) is 0 Å². The summed E-state index contributed by atoms with van der Waals surface area (Å²) < 4.78 is 10.5.